The first-order chi connectivity index (χ1) is 12.3. The van der Waals surface area contributed by atoms with Gasteiger partial charge in [0, 0.05) is 5.56 Å². The Bertz CT molecular complexity index is 714. The smallest absolute Gasteiger partial charge is 0.434 e. The summed E-state index contributed by atoms with van der Waals surface area (Å²) in [6, 6.07) is 0. The summed E-state index contributed by atoms with van der Waals surface area (Å²) in [6.07, 6.45) is -10.7. The Kier molecular flexibility index (Phi) is 7.04. The highest BCUT2D eigenvalue weighted by molar-refractivity contribution is 5.94. The fourth-order valence-electron chi connectivity index (χ4n) is 2.04. The van der Waals surface area contributed by atoms with Crippen molar-refractivity contribution < 1.29 is 50.1 Å². The van der Waals surface area contributed by atoms with Gasteiger partial charge in [0.1, 0.15) is 11.3 Å². The summed E-state index contributed by atoms with van der Waals surface area (Å²) in [4.78, 5) is 25.9. The maximum absolute atomic E-state index is 13.3. The Morgan fingerprint density at radius 3 is 1.89 bits per heavy atom. The predicted molar refractivity (Wildman–Crippen MR) is 77.1 cm³/mol. The van der Waals surface area contributed by atoms with Gasteiger partial charge in [-0.15, -0.1) is 0 Å². The molecule has 0 aromatic carbocycles. The Balaban J connectivity index is 3.70. The molecule has 0 fully saturated rings. The van der Waals surface area contributed by atoms with E-state index in [1.165, 1.54) is 13.8 Å². The molecule has 1 rings (SSSR count). The van der Waals surface area contributed by atoms with Crippen LogP contribution in [-0.2, 0) is 26.6 Å². The molecule has 0 saturated heterocycles. The lowest BCUT2D eigenvalue weighted by atomic mass is 10.0. The van der Waals surface area contributed by atoms with Crippen molar-refractivity contribution in [3.63, 3.8) is 0 Å². The molecule has 1 aromatic rings. The molecule has 0 N–H and O–H groups in total. The summed E-state index contributed by atoms with van der Waals surface area (Å²) < 4.78 is 92.9. The summed E-state index contributed by atoms with van der Waals surface area (Å²) in [6.45, 7) is 2.02. The fourth-order valence-corrected chi connectivity index (χ4v) is 2.04. The van der Waals surface area contributed by atoms with Gasteiger partial charge in [0.15, 0.2) is 18.0 Å². The number of carbonyl (C=O) groups is 2. The zero-order valence-electron chi connectivity index (χ0n) is 14.4. The topological polar surface area (TPSA) is 74.7 Å². The van der Waals surface area contributed by atoms with Crippen LogP contribution in [0.1, 0.15) is 41.2 Å². The molecular weight excluding hydrogens is 388 g/mol. The van der Waals surface area contributed by atoms with Gasteiger partial charge in [-0.1, -0.05) is 0 Å². The van der Waals surface area contributed by atoms with Crippen molar-refractivity contribution in [3.8, 4) is 5.75 Å². The van der Waals surface area contributed by atoms with E-state index >= 15 is 0 Å². The van der Waals surface area contributed by atoms with E-state index in [1.54, 1.807) is 0 Å². The number of aromatic nitrogens is 1. The van der Waals surface area contributed by atoms with E-state index in [2.05, 4.69) is 14.5 Å². The van der Waals surface area contributed by atoms with Gasteiger partial charge < -0.3 is 14.2 Å². The molecule has 0 bridgehead atoms. The second kappa shape index (κ2) is 8.44. The molecule has 1 heterocycles. The number of rotatable bonds is 6. The van der Waals surface area contributed by atoms with Gasteiger partial charge in [-0.25, -0.2) is 14.6 Å². The molecule has 0 saturated carbocycles. The molecule has 152 valence electrons. The molecule has 12 heteroatoms. The van der Waals surface area contributed by atoms with Gasteiger partial charge in [0.05, 0.1) is 13.2 Å². The average molecular weight is 403 g/mol. The van der Waals surface area contributed by atoms with E-state index in [-0.39, 0.29) is 13.2 Å². The summed E-state index contributed by atoms with van der Waals surface area (Å²) in [7, 11) is 0. The van der Waals surface area contributed by atoms with E-state index in [4.69, 9.17) is 4.74 Å². The van der Waals surface area contributed by atoms with Gasteiger partial charge >= 0.3 is 24.3 Å². The molecule has 0 atom stereocenters. The summed E-state index contributed by atoms with van der Waals surface area (Å²) in [5, 5.41) is 0. The number of carbonyl (C=O) groups excluding carboxylic acids is 2. The number of hydrogen-bond donors (Lipinski definition) is 0. The number of hydrogen-bond acceptors (Lipinski definition) is 6. The van der Waals surface area contributed by atoms with Crippen LogP contribution in [0.25, 0.3) is 0 Å². The minimum absolute atomic E-state index is 0.0934. The van der Waals surface area contributed by atoms with Crippen molar-refractivity contribution in [2.75, 3.05) is 19.8 Å². The van der Waals surface area contributed by atoms with Crippen LogP contribution in [0.3, 0.4) is 0 Å². The Morgan fingerprint density at radius 1 is 0.926 bits per heavy atom. The lowest BCUT2D eigenvalue weighted by Gasteiger charge is -2.20. The Labute approximate surface area is 149 Å². The molecule has 0 radical (unpaired) electrons. The number of halogens is 6. The maximum Gasteiger partial charge on any atom is 0.434 e. The molecular formula is C15H15F6NO5. The van der Waals surface area contributed by atoms with Crippen molar-refractivity contribution in [1.29, 1.82) is 0 Å². The largest absolute Gasteiger partial charge is 0.481 e. The lowest BCUT2D eigenvalue weighted by molar-refractivity contribution is -0.151. The number of pyridine rings is 1. The van der Waals surface area contributed by atoms with Gasteiger partial charge in [-0.3, -0.25) is 0 Å². The van der Waals surface area contributed by atoms with E-state index in [9.17, 15) is 35.9 Å². The highest BCUT2D eigenvalue weighted by atomic mass is 19.4. The lowest BCUT2D eigenvalue weighted by Crippen LogP contribution is -2.25. The van der Waals surface area contributed by atoms with E-state index in [1.807, 2.05) is 0 Å². The second-order valence-corrected chi connectivity index (χ2v) is 4.95. The molecule has 0 unspecified atom stereocenters. The third-order valence-electron chi connectivity index (χ3n) is 3.04. The molecule has 0 amide bonds. The van der Waals surface area contributed by atoms with Gasteiger partial charge in [0.25, 0.3) is 0 Å². The minimum Gasteiger partial charge on any atom is -0.481 e. The quantitative estimate of drug-likeness (QED) is 0.534. The van der Waals surface area contributed by atoms with Gasteiger partial charge in [-0.05, 0) is 20.8 Å². The first-order valence-electron chi connectivity index (χ1n) is 7.49. The molecule has 1 aromatic heterocycles. The Hall–Kier alpha value is -2.53. The Morgan fingerprint density at radius 2 is 1.44 bits per heavy atom. The zero-order valence-corrected chi connectivity index (χ0v) is 14.4. The van der Waals surface area contributed by atoms with Crippen LogP contribution in [0.4, 0.5) is 26.3 Å². The third kappa shape index (κ3) is 5.47. The van der Waals surface area contributed by atoms with Crippen LogP contribution < -0.4 is 4.74 Å². The number of nitrogens with zero attached hydrogens (tertiary/aromatic N) is 1. The SMILES string of the molecule is CCOC(=O)COc1c(C)c(C(F)(F)F)nc(C(F)(F)F)c1C(=O)OCC. The van der Waals surface area contributed by atoms with Crippen LogP contribution in [0, 0.1) is 6.92 Å². The number of ether oxygens (including phenoxy) is 3. The normalized spacial score (nSPS) is 11.9. The van der Waals surface area contributed by atoms with Gasteiger partial charge in [0.2, 0.25) is 0 Å². The summed E-state index contributed by atoms with van der Waals surface area (Å²) in [5.74, 6) is -3.74. The van der Waals surface area contributed by atoms with E-state index in [0.29, 0.717) is 0 Å². The van der Waals surface area contributed by atoms with Gasteiger partial charge in [-0.2, -0.15) is 26.3 Å². The van der Waals surface area contributed by atoms with Crippen molar-refractivity contribution in [3.05, 3.63) is 22.5 Å². The van der Waals surface area contributed by atoms with Crippen molar-refractivity contribution in [1.82, 2.24) is 4.98 Å². The van der Waals surface area contributed by atoms with Crippen molar-refractivity contribution in [2.24, 2.45) is 0 Å². The highest BCUT2D eigenvalue weighted by Gasteiger charge is 2.45. The standard InChI is InChI=1S/C15H15F6NO5/c1-4-25-8(23)6-27-10-7(3)11(14(16,17)18)22-12(15(19,20)21)9(10)13(24)26-5-2/h4-6H2,1-3H3. The predicted octanol–water partition coefficient (Wildman–Crippen LogP) is 3.55. The molecule has 6 nitrogen and oxygen atoms in total. The monoisotopic (exact) mass is 403 g/mol. The van der Waals surface area contributed by atoms with Crippen LogP contribution in [-0.4, -0.2) is 36.7 Å². The first kappa shape index (κ1) is 22.5. The van der Waals surface area contributed by atoms with Crippen LogP contribution >= 0.6 is 0 Å². The number of esters is 2. The third-order valence-corrected chi connectivity index (χ3v) is 3.04. The number of alkyl halides is 6. The van der Waals surface area contributed by atoms with Crippen molar-refractivity contribution in [2.45, 2.75) is 33.1 Å². The molecule has 0 aliphatic rings. The highest BCUT2D eigenvalue weighted by Crippen LogP contribution is 2.42. The first-order valence-corrected chi connectivity index (χ1v) is 7.49. The summed E-state index contributed by atoms with van der Waals surface area (Å²) in [5.41, 5.74) is -6.28. The van der Waals surface area contributed by atoms with Crippen LogP contribution in [0.2, 0.25) is 0 Å². The molecule has 0 spiro atoms. The molecule has 0 aliphatic heterocycles. The molecule has 27 heavy (non-hydrogen) atoms. The zero-order chi connectivity index (χ0) is 21.0. The fraction of sp³-hybridized carbons (Fsp3) is 0.533. The van der Waals surface area contributed by atoms with E-state index < -0.39 is 59.2 Å². The van der Waals surface area contributed by atoms with Crippen LogP contribution in [0.5, 0.6) is 5.75 Å². The summed E-state index contributed by atoms with van der Waals surface area (Å²) >= 11 is 0. The molecule has 0 aliphatic carbocycles. The average Bonchev–Trinajstić information content (AvgIpc) is 2.51. The van der Waals surface area contributed by atoms with Crippen LogP contribution in [0.15, 0.2) is 0 Å². The maximum atomic E-state index is 13.3. The van der Waals surface area contributed by atoms with Crippen molar-refractivity contribution >= 4 is 11.9 Å². The van der Waals surface area contributed by atoms with E-state index in [0.717, 1.165) is 6.92 Å². The second-order valence-electron chi connectivity index (χ2n) is 4.95. The minimum atomic E-state index is -5.42.